The fraction of sp³-hybridized carbons (Fsp3) is 0.875. The van der Waals surface area contributed by atoms with E-state index in [1.54, 1.807) is 0 Å². The maximum atomic E-state index is 11.1. The van der Waals surface area contributed by atoms with Crippen LogP contribution in [0, 0.1) is 0 Å². The highest BCUT2D eigenvalue weighted by atomic mass is 16.5. The predicted molar refractivity (Wildman–Crippen MR) is 42.3 cm³/mol. The van der Waals surface area contributed by atoms with Gasteiger partial charge in [0.25, 0.3) is 0 Å². The van der Waals surface area contributed by atoms with Gasteiger partial charge >= 0.3 is 5.97 Å². The second-order valence-electron chi connectivity index (χ2n) is 2.79. The maximum Gasteiger partial charge on any atom is 0.323 e. The summed E-state index contributed by atoms with van der Waals surface area (Å²) in [6.07, 6.45) is 2.90. The van der Waals surface area contributed by atoms with Gasteiger partial charge in [0.15, 0.2) is 0 Å². The summed E-state index contributed by atoms with van der Waals surface area (Å²) in [7, 11) is 0. The van der Waals surface area contributed by atoms with Crippen molar-refractivity contribution in [1.29, 1.82) is 0 Å². The average Bonchev–Trinajstić information content (AvgIpc) is 1.98. The number of rotatable bonds is 1. The summed E-state index contributed by atoms with van der Waals surface area (Å²) in [6, 6.07) is -0.0738. The molecule has 1 fully saturated rings. The molecule has 1 N–H and O–H groups in total. The highest BCUT2D eigenvalue weighted by Gasteiger charge is 2.18. The molecule has 1 aliphatic heterocycles. The monoisotopic (exact) mass is 157 g/mol. The van der Waals surface area contributed by atoms with Crippen molar-refractivity contribution in [3.05, 3.63) is 0 Å². The topological polar surface area (TPSA) is 38.3 Å². The Morgan fingerprint density at radius 3 is 3.18 bits per heavy atom. The Bertz CT molecular complexity index is 136. The van der Waals surface area contributed by atoms with Gasteiger partial charge in [0.1, 0.15) is 6.04 Å². The first-order valence-electron chi connectivity index (χ1n) is 4.24. The normalized spacial score (nSPS) is 27.0. The number of esters is 1. The SMILES string of the molecule is CCC1NCCCCOC1=O. The maximum absolute atomic E-state index is 11.1. The molecule has 1 rings (SSSR count). The van der Waals surface area contributed by atoms with Crippen molar-refractivity contribution in [1.82, 2.24) is 5.32 Å². The molecule has 0 spiro atoms. The molecule has 0 aromatic carbocycles. The van der Waals surface area contributed by atoms with E-state index in [9.17, 15) is 4.79 Å². The Morgan fingerprint density at radius 2 is 2.45 bits per heavy atom. The van der Waals surface area contributed by atoms with Crippen LogP contribution in [0.25, 0.3) is 0 Å². The van der Waals surface area contributed by atoms with Crippen LogP contribution in [0.15, 0.2) is 0 Å². The van der Waals surface area contributed by atoms with Crippen LogP contribution < -0.4 is 5.32 Å². The van der Waals surface area contributed by atoms with E-state index in [-0.39, 0.29) is 12.0 Å². The molecule has 0 radical (unpaired) electrons. The first-order chi connectivity index (χ1) is 5.34. The number of nitrogens with one attached hydrogen (secondary N) is 1. The average molecular weight is 157 g/mol. The summed E-state index contributed by atoms with van der Waals surface area (Å²) in [5.74, 6) is -0.0906. The molecule has 11 heavy (non-hydrogen) atoms. The first-order valence-corrected chi connectivity index (χ1v) is 4.24. The third kappa shape index (κ3) is 2.50. The lowest BCUT2D eigenvalue weighted by molar-refractivity contribution is -0.147. The minimum Gasteiger partial charge on any atom is -0.465 e. The lowest BCUT2D eigenvalue weighted by Crippen LogP contribution is -2.39. The van der Waals surface area contributed by atoms with E-state index in [2.05, 4.69) is 5.32 Å². The van der Waals surface area contributed by atoms with E-state index in [0.717, 1.165) is 25.8 Å². The Labute approximate surface area is 67.1 Å². The largest absolute Gasteiger partial charge is 0.465 e. The quantitative estimate of drug-likeness (QED) is 0.569. The molecular formula is C8H15NO2. The smallest absolute Gasteiger partial charge is 0.323 e. The standard InChI is InChI=1S/C8H15NO2/c1-2-7-8(10)11-6-4-3-5-9-7/h7,9H,2-6H2,1H3. The lowest BCUT2D eigenvalue weighted by atomic mass is 10.2. The summed E-state index contributed by atoms with van der Waals surface area (Å²) >= 11 is 0. The summed E-state index contributed by atoms with van der Waals surface area (Å²) in [4.78, 5) is 11.1. The molecule has 0 aromatic heterocycles. The number of carbonyl (C=O) groups excluding carboxylic acids is 1. The van der Waals surface area contributed by atoms with Crippen LogP contribution in [0.5, 0.6) is 0 Å². The molecule has 0 saturated carbocycles. The van der Waals surface area contributed by atoms with Gasteiger partial charge in [-0.25, -0.2) is 0 Å². The van der Waals surface area contributed by atoms with Crippen molar-refractivity contribution in [2.75, 3.05) is 13.2 Å². The second kappa shape index (κ2) is 4.34. The van der Waals surface area contributed by atoms with Gasteiger partial charge in [-0.05, 0) is 25.8 Å². The molecule has 0 amide bonds. The minimum absolute atomic E-state index is 0.0738. The first kappa shape index (κ1) is 8.53. The summed E-state index contributed by atoms with van der Waals surface area (Å²) in [6.45, 7) is 3.52. The molecule has 1 saturated heterocycles. The molecule has 0 bridgehead atoms. The Balaban J connectivity index is 2.39. The van der Waals surface area contributed by atoms with E-state index in [1.807, 2.05) is 6.92 Å². The fourth-order valence-corrected chi connectivity index (χ4v) is 1.17. The highest BCUT2D eigenvalue weighted by Crippen LogP contribution is 2.01. The van der Waals surface area contributed by atoms with Crippen molar-refractivity contribution < 1.29 is 9.53 Å². The van der Waals surface area contributed by atoms with Crippen molar-refractivity contribution in [2.24, 2.45) is 0 Å². The van der Waals surface area contributed by atoms with Crippen LogP contribution in [0.3, 0.4) is 0 Å². The van der Waals surface area contributed by atoms with E-state index in [4.69, 9.17) is 4.74 Å². The molecule has 1 atom stereocenters. The minimum atomic E-state index is -0.0906. The fourth-order valence-electron chi connectivity index (χ4n) is 1.17. The Kier molecular flexibility index (Phi) is 3.36. The van der Waals surface area contributed by atoms with Crippen LogP contribution in [0.1, 0.15) is 26.2 Å². The lowest BCUT2D eigenvalue weighted by Gasteiger charge is -2.18. The zero-order valence-corrected chi connectivity index (χ0v) is 6.93. The molecule has 0 aromatic rings. The molecule has 64 valence electrons. The van der Waals surface area contributed by atoms with Crippen molar-refractivity contribution in [3.63, 3.8) is 0 Å². The van der Waals surface area contributed by atoms with Crippen LogP contribution in [0.2, 0.25) is 0 Å². The second-order valence-corrected chi connectivity index (χ2v) is 2.79. The zero-order valence-electron chi connectivity index (χ0n) is 6.93. The van der Waals surface area contributed by atoms with Crippen molar-refractivity contribution in [3.8, 4) is 0 Å². The molecular weight excluding hydrogens is 142 g/mol. The molecule has 0 aliphatic carbocycles. The zero-order chi connectivity index (χ0) is 8.10. The van der Waals surface area contributed by atoms with E-state index in [0.29, 0.717) is 6.61 Å². The van der Waals surface area contributed by atoms with E-state index in [1.165, 1.54) is 0 Å². The van der Waals surface area contributed by atoms with Gasteiger partial charge in [-0.3, -0.25) is 4.79 Å². The van der Waals surface area contributed by atoms with Gasteiger partial charge in [-0.1, -0.05) is 6.92 Å². The molecule has 1 aliphatic rings. The van der Waals surface area contributed by atoms with E-state index >= 15 is 0 Å². The van der Waals surface area contributed by atoms with Gasteiger partial charge in [0.05, 0.1) is 6.61 Å². The van der Waals surface area contributed by atoms with Gasteiger partial charge < -0.3 is 10.1 Å². The van der Waals surface area contributed by atoms with Gasteiger partial charge in [-0.2, -0.15) is 0 Å². The summed E-state index contributed by atoms with van der Waals surface area (Å²) in [5.41, 5.74) is 0. The Hall–Kier alpha value is -0.570. The van der Waals surface area contributed by atoms with Gasteiger partial charge in [0.2, 0.25) is 0 Å². The summed E-state index contributed by atoms with van der Waals surface area (Å²) in [5, 5.41) is 3.15. The number of carbonyl (C=O) groups is 1. The number of hydrogen-bond acceptors (Lipinski definition) is 3. The van der Waals surface area contributed by atoms with Crippen LogP contribution in [0.4, 0.5) is 0 Å². The van der Waals surface area contributed by atoms with Crippen LogP contribution in [-0.4, -0.2) is 25.2 Å². The molecule has 3 nitrogen and oxygen atoms in total. The number of hydrogen-bond donors (Lipinski definition) is 1. The summed E-state index contributed by atoms with van der Waals surface area (Å²) < 4.78 is 4.98. The predicted octanol–water partition coefficient (Wildman–Crippen LogP) is 0.692. The van der Waals surface area contributed by atoms with Crippen molar-refractivity contribution >= 4 is 5.97 Å². The third-order valence-corrected chi connectivity index (χ3v) is 1.90. The van der Waals surface area contributed by atoms with Gasteiger partial charge in [-0.15, -0.1) is 0 Å². The van der Waals surface area contributed by atoms with Crippen molar-refractivity contribution in [2.45, 2.75) is 32.2 Å². The highest BCUT2D eigenvalue weighted by molar-refractivity contribution is 5.75. The Morgan fingerprint density at radius 1 is 1.64 bits per heavy atom. The van der Waals surface area contributed by atoms with Gasteiger partial charge in [0, 0.05) is 0 Å². The van der Waals surface area contributed by atoms with Crippen LogP contribution in [-0.2, 0) is 9.53 Å². The number of ether oxygens (including phenoxy) is 1. The number of cyclic esters (lactones) is 1. The van der Waals surface area contributed by atoms with Crippen LogP contribution >= 0.6 is 0 Å². The molecule has 1 heterocycles. The third-order valence-electron chi connectivity index (χ3n) is 1.90. The molecule has 1 unspecified atom stereocenters. The van der Waals surface area contributed by atoms with E-state index < -0.39 is 0 Å². The molecule has 3 heteroatoms.